The first-order valence-electron chi connectivity index (χ1n) is 10.4. The second-order valence-electron chi connectivity index (χ2n) is 7.98. The van der Waals surface area contributed by atoms with Crippen LogP contribution in [-0.2, 0) is 6.54 Å². The van der Waals surface area contributed by atoms with Crippen molar-refractivity contribution in [2.75, 3.05) is 59.0 Å². The zero-order valence-electron chi connectivity index (χ0n) is 16.8. The van der Waals surface area contributed by atoms with Gasteiger partial charge in [-0.1, -0.05) is 19.1 Å². The average Bonchev–Trinajstić information content (AvgIpc) is 2.69. The summed E-state index contributed by atoms with van der Waals surface area (Å²) in [7, 11) is 0. The minimum Gasteiger partial charge on any atom is -0.491 e. The lowest BCUT2D eigenvalue weighted by atomic mass is 10.1. The first-order valence-corrected chi connectivity index (χ1v) is 10.4. The van der Waals surface area contributed by atoms with Gasteiger partial charge in [-0.15, -0.1) is 0 Å². The molecule has 2 aliphatic heterocycles. The molecule has 0 spiro atoms. The van der Waals surface area contributed by atoms with E-state index in [1.807, 2.05) is 24.3 Å². The van der Waals surface area contributed by atoms with E-state index in [1.165, 1.54) is 0 Å². The van der Waals surface area contributed by atoms with Crippen molar-refractivity contribution in [1.29, 1.82) is 0 Å². The van der Waals surface area contributed by atoms with Crippen molar-refractivity contribution in [3.8, 4) is 5.75 Å². The number of halogens is 2. The van der Waals surface area contributed by atoms with Gasteiger partial charge in [0.25, 0.3) is 5.92 Å². The maximum atomic E-state index is 13.3. The van der Waals surface area contributed by atoms with Gasteiger partial charge in [0.15, 0.2) is 0 Å². The van der Waals surface area contributed by atoms with E-state index in [0.717, 1.165) is 44.0 Å². The second kappa shape index (κ2) is 9.96. The number of hydrogen-bond donors (Lipinski definition) is 1. The third kappa shape index (κ3) is 6.65. The number of hydrogen-bond acceptors (Lipinski definition) is 5. The quantitative estimate of drug-likeness (QED) is 0.729. The van der Waals surface area contributed by atoms with Crippen LogP contribution in [0.5, 0.6) is 5.75 Å². The fraction of sp³-hybridized carbons (Fsp3) is 0.714. The van der Waals surface area contributed by atoms with Gasteiger partial charge in [-0.3, -0.25) is 9.80 Å². The van der Waals surface area contributed by atoms with E-state index in [0.29, 0.717) is 26.2 Å². The number of nitrogens with zero attached hydrogens (tertiary/aromatic N) is 3. The van der Waals surface area contributed by atoms with Gasteiger partial charge >= 0.3 is 0 Å². The number of likely N-dealkylation sites (tertiary alicyclic amines) is 1. The molecule has 7 heteroatoms. The Balaban J connectivity index is 1.40. The predicted octanol–water partition coefficient (Wildman–Crippen LogP) is 2.29. The van der Waals surface area contributed by atoms with E-state index in [4.69, 9.17) is 4.74 Å². The normalized spacial score (nSPS) is 22.9. The minimum atomic E-state index is -2.51. The largest absolute Gasteiger partial charge is 0.491 e. The number of aliphatic hydroxyl groups is 1. The predicted molar refractivity (Wildman–Crippen MR) is 106 cm³/mol. The standard InChI is InChI=1S/C21H33F2N3O2/c1-2-24-10-12-26(13-11-24)16-19(27)17-28-20-5-3-4-18(14-20)15-25-8-6-21(22,23)7-9-25/h3-5,14,19,27H,2,6-13,15-17H2,1H3/t19-/m0/s1. The molecule has 0 unspecified atom stereocenters. The van der Waals surface area contributed by atoms with Gasteiger partial charge in [0.1, 0.15) is 18.5 Å². The molecule has 0 bridgehead atoms. The highest BCUT2D eigenvalue weighted by Gasteiger charge is 2.33. The Labute approximate surface area is 166 Å². The van der Waals surface area contributed by atoms with Crippen molar-refractivity contribution in [2.45, 2.75) is 38.3 Å². The lowest BCUT2D eigenvalue weighted by molar-refractivity contribution is -0.0566. The molecule has 0 aromatic heterocycles. The van der Waals surface area contributed by atoms with Crippen molar-refractivity contribution < 1.29 is 18.6 Å². The molecular weight excluding hydrogens is 364 g/mol. The molecule has 0 amide bonds. The molecule has 2 fully saturated rings. The summed E-state index contributed by atoms with van der Waals surface area (Å²) in [5.41, 5.74) is 1.05. The molecule has 1 aromatic carbocycles. The molecule has 158 valence electrons. The van der Waals surface area contributed by atoms with E-state index < -0.39 is 12.0 Å². The highest BCUT2D eigenvalue weighted by molar-refractivity contribution is 5.28. The molecule has 2 heterocycles. The van der Waals surface area contributed by atoms with E-state index in [1.54, 1.807) is 0 Å². The summed E-state index contributed by atoms with van der Waals surface area (Å²) in [6.07, 6.45) is -0.662. The summed E-state index contributed by atoms with van der Waals surface area (Å²) < 4.78 is 32.4. The molecule has 0 saturated carbocycles. The Bertz CT molecular complexity index is 599. The van der Waals surface area contributed by atoms with Gasteiger partial charge in [0, 0.05) is 65.2 Å². The molecule has 2 saturated heterocycles. The van der Waals surface area contributed by atoms with Gasteiger partial charge in [-0.05, 0) is 24.2 Å². The van der Waals surface area contributed by atoms with Crippen LogP contribution in [0.3, 0.4) is 0 Å². The number of aliphatic hydroxyl groups excluding tert-OH is 1. The minimum absolute atomic E-state index is 0.0676. The molecule has 0 aliphatic carbocycles. The third-order valence-electron chi connectivity index (χ3n) is 5.72. The molecule has 1 aromatic rings. The Hall–Kier alpha value is -1.28. The average molecular weight is 398 g/mol. The van der Waals surface area contributed by atoms with Gasteiger partial charge in [0.2, 0.25) is 0 Å². The Morgan fingerprint density at radius 2 is 1.71 bits per heavy atom. The van der Waals surface area contributed by atoms with Gasteiger partial charge in [-0.2, -0.15) is 0 Å². The van der Waals surface area contributed by atoms with Crippen molar-refractivity contribution in [3.05, 3.63) is 29.8 Å². The van der Waals surface area contributed by atoms with Crippen LogP contribution in [0.25, 0.3) is 0 Å². The molecule has 28 heavy (non-hydrogen) atoms. The van der Waals surface area contributed by atoms with Crippen molar-refractivity contribution in [1.82, 2.24) is 14.7 Å². The highest BCUT2D eigenvalue weighted by atomic mass is 19.3. The zero-order chi connectivity index (χ0) is 20.0. The summed E-state index contributed by atoms with van der Waals surface area (Å²) in [4.78, 5) is 6.75. The number of piperazine rings is 1. The second-order valence-corrected chi connectivity index (χ2v) is 7.98. The Morgan fingerprint density at radius 1 is 1.04 bits per heavy atom. The monoisotopic (exact) mass is 397 g/mol. The fourth-order valence-corrected chi connectivity index (χ4v) is 3.86. The zero-order valence-corrected chi connectivity index (χ0v) is 16.8. The maximum Gasteiger partial charge on any atom is 0.250 e. The van der Waals surface area contributed by atoms with Gasteiger partial charge in [-0.25, -0.2) is 8.78 Å². The van der Waals surface area contributed by atoms with Crippen LogP contribution >= 0.6 is 0 Å². The van der Waals surface area contributed by atoms with Crippen LogP contribution in [-0.4, -0.2) is 90.8 Å². The summed E-state index contributed by atoms with van der Waals surface area (Å²) in [5, 5.41) is 10.3. The number of β-amino-alcohol motifs (C(OH)–C–C–N with tert-alkyl or cyclic N) is 1. The number of benzene rings is 1. The lowest BCUT2D eigenvalue weighted by Gasteiger charge is -2.34. The first kappa shape index (κ1) is 21.4. The molecule has 3 rings (SSSR count). The van der Waals surface area contributed by atoms with Crippen LogP contribution in [0, 0.1) is 0 Å². The summed E-state index contributed by atoms with van der Waals surface area (Å²) >= 11 is 0. The first-order chi connectivity index (χ1) is 13.4. The van der Waals surface area contributed by atoms with Crippen molar-refractivity contribution in [2.24, 2.45) is 0 Å². The highest BCUT2D eigenvalue weighted by Crippen LogP contribution is 2.28. The van der Waals surface area contributed by atoms with E-state index in [2.05, 4.69) is 21.6 Å². The number of ether oxygens (including phenoxy) is 1. The van der Waals surface area contributed by atoms with E-state index in [9.17, 15) is 13.9 Å². The number of likely N-dealkylation sites (N-methyl/N-ethyl adjacent to an activating group) is 1. The SMILES string of the molecule is CCN1CCN(C[C@H](O)COc2cccc(CN3CCC(F)(F)CC3)c2)CC1. The number of rotatable bonds is 8. The van der Waals surface area contributed by atoms with Gasteiger partial charge in [0.05, 0.1) is 0 Å². The van der Waals surface area contributed by atoms with Crippen LogP contribution in [0.15, 0.2) is 24.3 Å². The number of alkyl halides is 2. The fourth-order valence-electron chi connectivity index (χ4n) is 3.86. The van der Waals surface area contributed by atoms with Crippen molar-refractivity contribution >= 4 is 0 Å². The summed E-state index contributed by atoms with van der Waals surface area (Å²) in [6, 6.07) is 7.73. The smallest absolute Gasteiger partial charge is 0.250 e. The Morgan fingerprint density at radius 3 is 2.39 bits per heavy atom. The van der Waals surface area contributed by atoms with Crippen LogP contribution in [0.4, 0.5) is 8.78 Å². The molecule has 5 nitrogen and oxygen atoms in total. The van der Waals surface area contributed by atoms with Crippen LogP contribution in [0.1, 0.15) is 25.3 Å². The maximum absolute atomic E-state index is 13.3. The van der Waals surface area contributed by atoms with Gasteiger partial charge < -0.3 is 14.7 Å². The lowest BCUT2D eigenvalue weighted by Crippen LogP contribution is -2.49. The summed E-state index contributed by atoms with van der Waals surface area (Å²) in [6.45, 7) is 9.69. The van der Waals surface area contributed by atoms with E-state index in [-0.39, 0.29) is 19.4 Å². The topological polar surface area (TPSA) is 39.2 Å². The van der Waals surface area contributed by atoms with Crippen LogP contribution < -0.4 is 4.74 Å². The Kier molecular flexibility index (Phi) is 7.62. The van der Waals surface area contributed by atoms with Crippen molar-refractivity contribution in [3.63, 3.8) is 0 Å². The molecule has 2 aliphatic rings. The molecular formula is C21H33F2N3O2. The molecule has 1 atom stereocenters. The van der Waals surface area contributed by atoms with E-state index >= 15 is 0 Å². The molecule has 0 radical (unpaired) electrons. The molecule has 1 N–H and O–H groups in total. The summed E-state index contributed by atoms with van der Waals surface area (Å²) in [5.74, 6) is -1.80. The van der Waals surface area contributed by atoms with Crippen LogP contribution in [0.2, 0.25) is 0 Å². The third-order valence-corrected chi connectivity index (χ3v) is 5.72. The number of piperidine rings is 1.